The first-order valence-corrected chi connectivity index (χ1v) is 7.55. The maximum atomic E-state index is 12.1. The van der Waals surface area contributed by atoms with Crippen molar-refractivity contribution in [1.29, 1.82) is 0 Å². The highest BCUT2D eigenvalue weighted by Crippen LogP contribution is 2.30. The predicted molar refractivity (Wildman–Crippen MR) is 83.0 cm³/mol. The molecule has 0 spiro atoms. The normalized spacial score (nSPS) is 10.5. The van der Waals surface area contributed by atoms with Crippen LogP contribution in [0.4, 0.5) is 0 Å². The van der Waals surface area contributed by atoms with Crippen LogP contribution in [0.5, 0.6) is 0 Å². The van der Waals surface area contributed by atoms with Crippen molar-refractivity contribution in [3.8, 4) is 0 Å². The van der Waals surface area contributed by atoms with Gasteiger partial charge in [-0.25, -0.2) is 0 Å². The number of thioether (sulfide) groups is 1. The highest BCUT2D eigenvalue weighted by atomic mass is 35.5. The lowest BCUT2D eigenvalue weighted by atomic mass is 10.1. The molecule has 0 unspecified atom stereocenters. The van der Waals surface area contributed by atoms with Crippen LogP contribution in [-0.4, -0.2) is 11.5 Å². The van der Waals surface area contributed by atoms with Crippen LogP contribution in [0, 0.1) is 0 Å². The molecule has 0 fully saturated rings. The average Bonchev–Trinajstić information content (AvgIpc) is 2.40. The summed E-state index contributed by atoms with van der Waals surface area (Å²) < 4.78 is 0. The summed E-state index contributed by atoms with van der Waals surface area (Å²) in [6.07, 6.45) is 0. The van der Waals surface area contributed by atoms with Gasteiger partial charge in [0.15, 0.2) is 5.78 Å². The van der Waals surface area contributed by atoms with Gasteiger partial charge in [-0.1, -0.05) is 46.9 Å². The van der Waals surface area contributed by atoms with E-state index in [9.17, 15) is 4.79 Å². The second-order valence-corrected chi connectivity index (χ2v) is 6.03. The first kappa shape index (κ1) is 14.7. The van der Waals surface area contributed by atoms with Crippen molar-refractivity contribution in [3.63, 3.8) is 0 Å². The molecular formula is C14H9Cl3OS. The van der Waals surface area contributed by atoms with Crippen molar-refractivity contribution >= 4 is 52.3 Å². The van der Waals surface area contributed by atoms with Crippen molar-refractivity contribution < 1.29 is 4.79 Å². The second kappa shape index (κ2) is 6.67. The van der Waals surface area contributed by atoms with Crippen LogP contribution < -0.4 is 0 Å². The van der Waals surface area contributed by atoms with Crippen LogP contribution in [0.1, 0.15) is 10.4 Å². The lowest BCUT2D eigenvalue weighted by Crippen LogP contribution is -2.03. The third-order valence-corrected chi connectivity index (χ3v) is 4.49. The third-order valence-electron chi connectivity index (χ3n) is 2.43. The molecule has 0 saturated carbocycles. The Kier molecular flexibility index (Phi) is 5.17. The Morgan fingerprint density at radius 3 is 2.47 bits per heavy atom. The first-order chi connectivity index (χ1) is 9.08. The maximum Gasteiger partial charge on any atom is 0.174 e. The quantitative estimate of drug-likeness (QED) is 0.534. The highest BCUT2D eigenvalue weighted by molar-refractivity contribution is 8.00. The number of ketones is 1. The molecule has 0 atom stereocenters. The first-order valence-electron chi connectivity index (χ1n) is 5.43. The van der Waals surface area contributed by atoms with Crippen LogP contribution in [0.3, 0.4) is 0 Å². The third kappa shape index (κ3) is 3.90. The molecule has 2 aromatic rings. The number of Topliss-reactive ketones (excluding diaryl/α,β-unsaturated/α-hetero) is 1. The minimum atomic E-state index is -0.0355. The zero-order chi connectivity index (χ0) is 13.8. The number of carbonyl (C=O) groups excluding carboxylic acids is 1. The Morgan fingerprint density at radius 1 is 1.00 bits per heavy atom. The molecule has 0 bridgehead atoms. The van der Waals surface area contributed by atoms with Gasteiger partial charge in [0.25, 0.3) is 0 Å². The molecule has 1 nitrogen and oxygen atoms in total. The molecule has 98 valence electrons. The molecular weight excluding hydrogens is 323 g/mol. The SMILES string of the molecule is O=C(CSc1cc(Cl)ccc1Cl)c1ccccc1Cl. The van der Waals surface area contributed by atoms with Gasteiger partial charge in [-0.2, -0.15) is 0 Å². The second-order valence-electron chi connectivity index (χ2n) is 3.77. The van der Waals surface area contributed by atoms with Gasteiger partial charge in [-0.15, -0.1) is 11.8 Å². The van der Waals surface area contributed by atoms with Gasteiger partial charge in [0.2, 0.25) is 0 Å². The van der Waals surface area contributed by atoms with Crippen molar-refractivity contribution in [1.82, 2.24) is 0 Å². The predicted octanol–water partition coefficient (Wildman–Crippen LogP) is 5.62. The highest BCUT2D eigenvalue weighted by Gasteiger charge is 2.11. The summed E-state index contributed by atoms with van der Waals surface area (Å²) in [6.45, 7) is 0. The summed E-state index contributed by atoms with van der Waals surface area (Å²) in [7, 11) is 0. The van der Waals surface area contributed by atoms with E-state index < -0.39 is 0 Å². The number of halogens is 3. The van der Waals surface area contributed by atoms with Crippen LogP contribution >= 0.6 is 46.6 Å². The lowest BCUT2D eigenvalue weighted by Gasteiger charge is -2.05. The topological polar surface area (TPSA) is 17.1 Å². The molecule has 0 aromatic heterocycles. The van der Waals surface area contributed by atoms with Crippen molar-refractivity contribution in [2.45, 2.75) is 4.90 Å². The largest absolute Gasteiger partial charge is 0.293 e. The van der Waals surface area contributed by atoms with E-state index in [1.165, 1.54) is 11.8 Å². The molecule has 0 amide bonds. The van der Waals surface area contributed by atoms with Crippen LogP contribution in [0.25, 0.3) is 0 Å². The number of benzene rings is 2. The van der Waals surface area contributed by atoms with Gasteiger partial charge in [0, 0.05) is 15.5 Å². The van der Waals surface area contributed by atoms with Crippen LogP contribution in [-0.2, 0) is 0 Å². The fraction of sp³-hybridized carbons (Fsp3) is 0.0714. The number of carbonyl (C=O) groups is 1. The fourth-order valence-electron chi connectivity index (χ4n) is 1.50. The standard InChI is InChI=1S/C14H9Cl3OS/c15-9-5-6-12(17)14(7-9)19-8-13(18)10-3-1-2-4-11(10)16/h1-7H,8H2. The van der Waals surface area contributed by atoms with E-state index in [1.807, 2.05) is 0 Å². The van der Waals surface area contributed by atoms with E-state index in [0.717, 1.165) is 4.90 Å². The van der Waals surface area contributed by atoms with E-state index in [1.54, 1.807) is 42.5 Å². The molecule has 0 radical (unpaired) electrons. The Hall–Kier alpha value is -0.670. The van der Waals surface area contributed by atoms with Gasteiger partial charge in [0.1, 0.15) is 0 Å². The van der Waals surface area contributed by atoms with Crippen molar-refractivity contribution in [3.05, 3.63) is 63.1 Å². The molecule has 0 saturated heterocycles. The van der Waals surface area contributed by atoms with Crippen LogP contribution in [0.15, 0.2) is 47.4 Å². The Balaban J connectivity index is 2.09. The molecule has 0 N–H and O–H groups in total. The monoisotopic (exact) mass is 330 g/mol. The maximum absolute atomic E-state index is 12.1. The van der Waals surface area contributed by atoms with E-state index in [0.29, 0.717) is 20.6 Å². The minimum Gasteiger partial charge on any atom is -0.293 e. The molecule has 0 aliphatic heterocycles. The number of hydrogen-bond donors (Lipinski definition) is 0. The summed E-state index contributed by atoms with van der Waals surface area (Å²) in [5.41, 5.74) is 0.523. The van der Waals surface area contributed by atoms with Gasteiger partial charge < -0.3 is 0 Å². The van der Waals surface area contributed by atoms with Crippen LogP contribution in [0.2, 0.25) is 15.1 Å². The lowest BCUT2D eigenvalue weighted by molar-refractivity contribution is 0.102. The molecule has 2 rings (SSSR count). The Labute approximate surface area is 130 Å². The van der Waals surface area contributed by atoms with Gasteiger partial charge in [0.05, 0.1) is 15.8 Å². The average molecular weight is 332 g/mol. The van der Waals surface area contributed by atoms with Crippen molar-refractivity contribution in [2.24, 2.45) is 0 Å². The summed E-state index contributed by atoms with van der Waals surface area (Å²) >= 11 is 19.3. The molecule has 2 aromatic carbocycles. The van der Waals surface area contributed by atoms with Gasteiger partial charge in [-0.3, -0.25) is 4.79 Å². The van der Waals surface area contributed by atoms with Gasteiger partial charge in [-0.05, 0) is 30.3 Å². The molecule has 0 aliphatic carbocycles. The van der Waals surface area contributed by atoms with E-state index >= 15 is 0 Å². The summed E-state index contributed by atoms with van der Waals surface area (Å²) in [4.78, 5) is 12.8. The smallest absolute Gasteiger partial charge is 0.174 e. The Morgan fingerprint density at radius 2 is 1.74 bits per heavy atom. The minimum absolute atomic E-state index is 0.0355. The van der Waals surface area contributed by atoms with Crippen molar-refractivity contribution in [2.75, 3.05) is 5.75 Å². The summed E-state index contributed by atoms with van der Waals surface area (Å²) in [5.74, 6) is 0.232. The summed E-state index contributed by atoms with van der Waals surface area (Å²) in [5, 5.41) is 1.64. The van der Waals surface area contributed by atoms with E-state index in [-0.39, 0.29) is 11.5 Å². The molecule has 19 heavy (non-hydrogen) atoms. The Bertz CT molecular complexity index is 613. The summed E-state index contributed by atoms with van der Waals surface area (Å²) in [6, 6.07) is 12.2. The van der Waals surface area contributed by atoms with E-state index in [4.69, 9.17) is 34.8 Å². The number of hydrogen-bond acceptors (Lipinski definition) is 2. The number of rotatable bonds is 4. The fourth-order valence-corrected chi connectivity index (χ4v) is 3.11. The van der Waals surface area contributed by atoms with E-state index in [2.05, 4.69) is 0 Å². The molecule has 0 aliphatic rings. The zero-order valence-electron chi connectivity index (χ0n) is 9.70. The zero-order valence-corrected chi connectivity index (χ0v) is 12.8. The van der Waals surface area contributed by atoms with Gasteiger partial charge >= 0.3 is 0 Å². The molecule has 0 heterocycles. The molecule has 5 heteroatoms.